The van der Waals surface area contributed by atoms with E-state index in [0.29, 0.717) is 20.8 Å². The number of hydrogen-bond acceptors (Lipinski definition) is 7. The molecule has 0 aliphatic carbocycles. The minimum absolute atomic E-state index is 0.176. The van der Waals surface area contributed by atoms with Gasteiger partial charge >= 0.3 is 0 Å². The summed E-state index contributed by atoms with van der Waals surface area (Å²) in [5.74, 6) is 0.440. The number of pyridine rings is 1. The van der Waals surface area contributed by atoms with Crippen LogP contribution in [0.2, 0.25) is 0 Å². The highest BCUT2D eigenvalue weighted by molar-refractivity contribution is 7.20. The molecule has 0 atom stereocenters. The molecule has 0 radical (unpaired) electrons. The van der Waals surface area contributed by atoms with Gasteiger partial charge in [0.1, 0.15) is 0 Å². The Hall–Kier alpha value is -2.65. The Morgan fingerprint density at radius 2 is 2.05 bits per heavy atom. The number of carbonyl (C=O) groups excluding carboxylic acids is 1. The Kier molecular flexibility index (Phi) is 3.13. The Bertz CT molecular complexity index is 928. The van der Waals surface area contributed by atoms with Crippen LogP contribution in [0.25, 0.3) is 16.3 Å². The van der Waals surface area contributed by atoms with Gasteiger partial charge in [-0.1, -0.05) is 17.4 Å². The van der Waals surface area contributed by atoms with Gasteiger partial charge in [0.25, 0.3) is 5.91 Å². The molecule has 0 saturated heterocycles. The first-order valence-corrected chi connectivity index (χ1v) is 7.98. The monoisotopic (exact) mass is 328 g/mol. The summed E-state index contributed by atoms with van der Waals surface area (Å²) >= 11 is 2.66. The van der Waals surface area contributed by atoms with Gasteiger partial charge in [0, 0.05) is 18.0 Å². The Morgan fingerprint density at radius 1 is 1.18 bits per heavy atom. The van der Waals surface area contributed by atoms with Gasteiger partial charge < -0.3 is 0 Å². The van der Waals surface area contributed by atoms with Gasteiger partial charge in [0.2, 0.25) is 10.1 Å². The highest BCUT2D eigenvalue weighted by atomic mass is 32.1. The average molecular weight is 328 g/mol. The second-order valence-electron chi connectivity index (χ2n) is 4.29. The Labute approximate surface area is 132 Å². The van der Waals surface area contributed by atoms with Crippen molar-refractivity contribution in [2.45, 2.75) is 0 Å². The van der Waals surface area contributed by atoms with Crippen LogP contribution in [0.1, 0.15) is 9.67 Å². The summed E-state index contributed by atoms with van der Waals surface area (Å²) in [6, 6.07) is 7.27. The summed E-state index contributed by atoms with van der Waals surface area (Å²) in [6.45, 7) is 0. The van der Waals surface area contributed by atoms with E-state index in [2.05, 4.69) is 25.6 Å². The minimum Gasteiger partial charge on any atom is -0.296 e. The first kappa shape index (κ1) is 13.0. The predicted octanol–water partition coefficient (Wildman–Crippen LogP) is 2.56. The van der Waals surface area contributed by atoms with Crippen LogP contribution in [0, 0.1) is 0 Å². The summed E-state index contributed by atoms with van der Waals surface area (Å²) in [6.07, 6.45) is 3.37. The van der Waals surface area contributed by atoms with Crippen molar-refractivity contribution in [1.29, 1.82) is 0 Å². The number of hydrogen-bond donors (Lipinski definition) is 1. The Balaban J connectivity index is 1.67. The zero-order chi connectivity index (χ0) is 14.9. The maximum Gasteiger partial charge on any atom is 0.267 e. The minimum atomic E-state index is -0.176. The van der Waals surface area contributed by atoms with Crippen molar-refractivity contribution in [2.75, 3.05) is 5.32 Å². The van der Waals surface area contributed by atoms with Crippen LogP contribution in [-0.4, -0.2) is 30.7 Å². The van der Waals surface area contributed by atoms with Crippen molar-refractivity contribution in [3.63, 3.8) is 0 Å². The standard InChI is InChI=1S/C13H8N6OS2/c20-11(9-2-1-7-21-9)15-12-18-19-10(16-17-13(19)22-12)8-3-5-14-6-4-8/h1-7H,(H,15,18,20). The van der Waals surface area contributed by atoms with Crippen LogP contribution in [0.5, 0.6) is 0 Å². The second-order valence-corrected chi connectivity index (χ2v) is 6.20. The largest absolute Gasteiger partial charge is 0.296 e. The number of carbonyl (C=O) groups is 1. The van der Waals surface area contributed by atoms with E-state index in [1.807, 2.05) is 23.6 Å². The molecular formula is C13H8N6OS2. The van der Waals surface area contributed by atoms with Gasteiger partial charge in [0.15, 0.2) is 5.82 Å². The van der Waals surface area contributed by atoms with Crippen LogP contribution >= 0.6 is 22.7 Å². The summed E-state index contributed by atoms with van der Waals surface area (Å²) < 4.78 is 1.62. The number of nitrogens with one attached hydrogen (secondary N) is 1. The fourth-order valence-corrected chi connectivity index (χ4v) is 3.27. The third kappa shape index (κ3) is 2.26. The summed E-state index contributed by atoms with van der Waals surface area (Å²) in [4.78, 5) is 17.3. The van der Waals surface area contributed by atoms with Crippen LogP contribution in [0.4, 0.5) is 5.13 Å². The lowest BCUT2D eigenvalue weighted by molar-refractivity contribution is 0.103. The van der Waals surface area contributed by atoms with Crippen molar-refractivity contribution < 1.29 is 4.79 Å². The van der Waals surface area contributed by atoms with Crippen LogP contribution in [0.3, 0.4) is 0 Å². The maximum atomic E-state index is 12.0. The molecule has 4 heterocycles. The molecule has 4 aromatic heterocycles. The quantitative estimate of drug-likeness (QED) is 0.625. The topological polar surface area (TPSA) is 85.1 Å². The molecule has 0 fully saturated rings. The van der Waals surface area contributed by atoms with Gasteiger partial charge in [-0.15, -0.1) is 26.6 Å². The number of amides is 1. The highest BCUT2D eigenvalue weighted by Gasteiger charge is 2.15. The van der Waals surface area contributed by atoms with Gasteiger partial charge in [-0.25, -0.2) is 0 Å². The SMILES string of the molecule is O=C(Nc1nn2c(-c3ccncc3)nnc2s1)c1cccs1. The summed E-state index contributed by atoms with van der Waals surface area (Å²) in [7, 11) is 0. The van der Waals surface area contributed by atoms with Crippen molar-refractivity contribution in [1.82, 2.24) is 24.8 Å². The molecule has 4 rings (SSSR count). The summed E-state index contributed by atoms with van der Waals surface area (Å²) in [5, 5.41) is 17.7. The molecule has 1 amide bonds. The molecule has 1 N–H and O–H groups in total. The van der Waals surface area contributed by atoms with Gasteiger partial charge in [-0.2, -0.15) is 4.52 Å². The zero-order valence-electron chi connectivity index (χ0n) is 11.0. The lowest BCUT2D eigenvalue weighted by atomic mass is 10.2. The van der Waals surface area contributed by atoms with Gasteiger partial charge in [0.05, 0.1) is 4.88 Å². The molecule has 108 valence electrons. The lowest BCUT2D eigenvalue weighted by Crippen LogP contribution is -2.10. The van der Waals surface area contributed by atoms with Crippen LogP contribution in [-0.2, 0) is 0 Å². The first-order valence-electron chi connectivity index (χ1n) is 6.29. The number of rotatable bonds is 3. The molecule has 0 aliphatic heterocycles. The fourth-order valence-electron chi connectivity index (χ4n) is 1.91. The number of fused-ring (bicyclic) bond motifs is 1. The Morgan fingerprint density at radius 3 is 2.82 bits per heavy atom. The number of thiophene rings is 1. The normalized spacial score (nSPS) is 10.9. The lowest BCUT2D eigenvalue weighted by Gasteiger charge is -1.97. The second kappa shape index (κ2) is 5.28. The number of aromatic nitrogens is 5. The van der Waals surface area contributed by atoms with Crippen molar-refractivity contribution in [3.05, 3.63) is 46.9 Å². The molecule has 0 bridgehead atoms. The molecule has 4 aromatic rings. The molecule has 0 aliphatic rings. The average Bonchev–Trinajstić information content (AvgIpc) is 3.24. The number of nitrogens with zero attached hydrogens (tertiary/aromatic N) is 5. The van der Waals surface area contributed by atoms with Gasteiger partial charge in [-0.05, 0) is 23.6 Å². The molecule has 0 saturated carbocycles. The van der Waals surface area contributed by atoms with Crippen LogP contribution in [0.15, 0.2) is 42.0 Å². The van der Waals surface area contributed by atoms with E-state index in [4.69, 9.17) is 0 Å². The van der Waals surface area contributed by atoms with E-state index in [1.54, 1.807) is 23.0 Å². The van der Waals surface area contributed by atoms with Crippen molar-refractivity contribution in [3.8, 4) is 11.4 Å². The molecule has 9 heteroatoms. The van der Waals surface area contributed by atoms with E-state index >= 15 is 0 Å². The van der Waals surface area contributed by atoms with E-state index in [9.17, 15) is 4.79 Å². The molecule has 0 spiro atoms. The zero-order valence-corrected chi connectivity index (χ0v) is 12.6. The van der Waals surface area contributed by atoms with E-state index < -0.39 is 0 Å². The van der Waals surface area contributed by atoms with E-state index in [1.165, 1.54) is 22.7 Å². The highest BCUT2D eigenvalue weighted by Crippen LogP contribution is 2.24. The van der Waals surface area contributed by atoms with E-state index in [0.717, 1.165) is 5.56 Å². The summed E-state index contributed by atoms with van der Waals surface area (Å²) in [5.41, 5.74) is 0.865. The van der Waals surface area contributed by atoms with Crippen molar-refractivity contribution >= 4 is 38.7 Å². The first-order chi connectivity index (χ1) is 10.8. The van der Waals surface area contributed by atoms with Crippen LogP contribution < -0.4 is 5.32 Å². The molecular weight excluding hydrogens is 320 g/mol. The smallest absolute Gasteiger partial charge is 0.267 e. The molecule has 22 heavy (non-hydrogen) atoms. The third-order valence-corrected chi connectivity index (χ3v) is 4.58. The van der Waals surface area contributed by atoms with Crippen molar-refractivity contribution in [2.24, 2.45) is 0 Å². The maximum absolute atomic E-state index is 12.0. The predicted molar refractivity (Wildman–Crippen MR) is 84.2 cm³/mol. The molecule has 0 aromatic carbocycles. The molecule has 7 nitrogen and oxygen atoms in total. The molecule has 0 unspecified atom stereocenters. The number of anilines is 1. The fraction of sp³-hybridized carbons (Fsp3) is 0. The third-order valence-electron chi connectivity index (χ3n) is 2.89. The van der Waals surface area contributed by atoms with Gasteiger partial charge in [-0.3, -0.25) is 15.1 Å². The van der Waals surface area contributed by atoms with E-state index in [-0.39, 0.29) is 5.91 Å².